The number of anilines is 1. The second-order valence-corrected chi connectivity index (χ2v) is 5.73. The van der Waals surface area contributed by atoms with Gasteiger partial charge < -0.3 is 10.1 Å². The molecular formula is C15H24N2O3S. The fraction of sp³-hybridized carbons (Fsp3) is 0.600. The minimum absolute atomic E-state index is 0.0587. The molecule has 0 radical (unpaired) electrons. The zero-order valence-corrected chi connectivity index (χ0v) is 13.6. The van der Waals surface area contributed by atoms with Gasteiger partial charge in [0.05, 0.1) is 17.6 Å². The maximum Gasteiger partial charge on any atom is 0.275 e. The van der Waals surface area contributed by atoms with Crippen molar-refractivity contribution in [1.29, 1.82) is 0 Å². The summed E-state index contributed by atoms with van der Waals surface area (Å²) in [4.78, 5) is 10.5. The lowest BCUT2D eigenvalue weighted by Gasteiger charge is -2.09. The number of nitro benzene ring substituents is 1. The van der Waals surface area contributed by atoms with Crippen LogP contribution < -0.4 is 10.1 Å². The van der Waals surface area contributed by atoms with Gasteiger partial charge in [-0.25, -0.2) is 0 Å². The maximum atomic E-state index is 10.9. The minimum atomic E-state index is -0.393. The first kappa shape index (κ1) is 17.6. The Morgan fingerprint density at radius 2 is 2.00 bits per heavy atom. The molecule has 0 unspecified atom stereocenters. The molecule has 1 N–H and O–H groups in total. The van der Waals surface area contributed by atoms with Crippen molar-refractivity contribution in [2.75, 3.05) is 30.5 Å². The van der Waals surface area contributed by atoms with Gasteiger partial charge in [0.25, 0.3) is 5.69 Å². The van der Waals surface area contributed by atoms with Crippen LogP contribution in [-0.2, 0) is 0 Å². The highest BCUT2D eigenvalue weighted by molar-refractivity contribution is 7.98. The summed E-state index contributed by atoms with van der Waals surface area (Å²) >= 11 is 1.88. The number of non-ortho nitro benzene ring substituents is 1. The summed E-state index contributed by atoms with van der Waals surface area (Å²) in [6.45, 7) is 3.18. The average Bonchev–Trinajstić information content (AvgIpc) is 2.46. The first-order valence-corrected chi connectivity index (χ1v) is 8.72. The Morgan fingerprint density at radius 1 is 1.24 bits per heavy atom. The lowest BCUT2D eigenvalue weighted by atomic mass is 10.2. The normalized spacial score (nSPS) is 10.4. The van der Waals surface area contributed by atoms with Gasteiger partial charge in [-0.05, 0) is 31.8 Å². The molecule has 0 aliphatic carbocycles. The van der Waals surface area contributed by atoms with Gasteiger partial charge in [0, 0.05) is 24.4 Å². The predicted molar refractivity (Wildman–Crippen MR) is 89.6 cm³/mol. The summed E-state index contributed by atoms with van der Waals surface area (Å²) in [5, 5.41) is 14.1. The lowest BCUT2D eigenvalue weighted by molar-refractivity contribution is -0.384. The number of thioether (sulfide) groups is 1. The molecule has 0 fully saturated rings. The largest absolute Gasteiger partial charge is 0.494 e. The summed E-state index contributed by atoms with van der Waals surface area (Å²) in [5.74, 6) is 1.75. The molecule has 0 atom stereocenters. The first-order chi connectivity index (χ1) is 10.2. The van der Waals surface area contributed by atoms with E-state index < -0.39 is 4.92 Å². The molecule has 0 saturated carbocycles. The third-order valence-electron chi connectivity index (χ3n) is 3.02. The van der Waals surface area contributed by atoms with Gasteiger partial charge >= 0.3 is 0 Å². The van der Waals surface area contributed by atoms with Crippen LogP contribution in [0, 0.1) is 10.1 Å². The van der Waals surface area contributed by atoms with E-state index in [0.717, 1.165) is 18.7 Å². The molecule has 118 valence electrons. The highest BCUT2D eigenvalue weighted by atomic mass is 32.2. The summed E-state index contributed by atoms with van der Waals surface area (Å²) in [6, 6.07) is 4.82. The van der Waals surface area contributed by atoms with Crippen molar-refractivity contribution < 1.29 is 9.66 Å². The molecule has 0 saturated heterocycles. The van der Waals surface area contributed by atoms with Gasteiger partial charge in [0.15, 0.2) is 0 Å². The van der Waals surface area contributed by atoms with Crippen molar-refractivity contribution in [2.45, 2.75) is 32.6 Å². The molecule has 1 aromatic rings. The van der Waals surface area contributed by atoms with E-state index in [0.29, 0.717) is 12.4 Å². The number of nitrogens with zero attached hydrogens (tertiary/aromatic N) is 1. The minimum Gasteiger partial charge on any atom is -0.494 e. The Labute approximate surface area is 130 Å². The third kappa shape index (κ3) is 7.22. The van der Waals surface area contributed by atoms with Crippen molar-refractivity contribution in [1.82, 2.24) is 0 Å². The fourth-order valence-electron chi connectivity index (χ4n) is 2.00. The molecule has 1 rings (SSSR count). The van der Waals surface area contributed by atoms with E-state index in [1.165, 1.54) is 31.1 Å². The van der Waals surface area contributed by atoms with Crippen LogP contribution in [0.4, 0.5) is 11.4 Å². The number of hydrogen-bond donors (Lipinski definition) is 1. The van der Waals surface area contributed by atoms with E-state index in [1.54, 1.807) is 6.07 Å². The average molecular weight is 312 g/mol. The number of ether oxygens (including phenoxy) is 1. The second kappa shape index (κ2) is 10.3. The molecule has 0 aromatic heterocycles. The van der Waals surface area contributed by atoms with Gasteiger partial charge in [-0.1, -0.05) is 12.8 Å². The highest BCUT2D eigenvalue weighted by Gasteiger charge is 2.10. The molecule has 0 amide bonds. The van der Waals surface area contributed by atoms with Crippen LogP contribution in [0.3, 0.4) is 0 Å². The van der Waals surface area contributed by atoms with Crippen molar-refractivity contribution in [3.8, 4) is 5.75 Å². The Bertz CT molecular complexity index is 441. The van der Waals surface area contributed by atoms with Crippen molar-refractivity contribution in [3.05, 3.63) is 28.3 Å². The highest BCUT2D eigenvalue weighted by Crippen LogP contribution is 2.26. The Balaban J connectivity index is 2.44. The molecule has 6 heteroatoms. The van der Waals surface area contributed by atoms with E-state index in [4.69, 9.17) is 4.74 Å². The number of nitrogens with one attached hydrogen (secondary N) is 1. The summed E-state index contributed by atoms with van der Waals surface area (Å²) in [7, 11) is 0. The molecule has 0 aliphatic rings. The standard InChI is InChI=1S/C15H24N2O3S/c1-3-20-15-11-13(10-14(12-15)17(18)19)16-8-6-4-5-7-9-21-2/h10-12,16H,3-9H2,1-2H3. The SMILES string of the molecule is CCOc1cc(NCCCCCCSC)cc([N+](=O)[O-])c1. The molecule has 5 nitrogen and oxygen atoms in total. The second-order valence-electron chi connectivity index (χ2n) is 4.74. The fourth-order valence-corrected chi connectivity index (χ4v) is 2.49. The van der Waals surface area contributed by atoms with E-state index in [9.17, 15) is 10.1 Å². The van der Waals surface area contributed by atoms with Gasteiger partial charge in [0.2, 0.25) is 0 Å². The van der Waals surface area contributed by atoms with Crippen LogP contribution in [-0.4, -0.2) is 30.1 Å². The number of unbranched alkanes of at least 4 members (excludes halogenated alkanes) is 3. The molecule has 21 heavy (non-hydrogen) atoms. The zero-order chi connectivity index (χ0) is 15.5. The molecule has 1 aromatic carbocycles. The van der Waals surface area contributed by atoms with Gasteiger partial charge in [0.1, 0.15) is 5.75 Å². The first-order valence-electron chi connectivity index (χ1n) is 7.32. The van der Waals surface area contributed by atoms with Gasteiger partial charge in [-0.3, -0.25) is 10.1 Å². The maximum absolute atomic E-state index is 10.9. The van der Waals surface area contributed by atoms with Crippen LogP contribution in [0.2, 0.25) is 0 Å². The number of benzene rings is 1. The topological polar surface area (TPSA) is 64.4 Å². The molecule has 0 spiro atoms. The van der Waals surface area contributed by atoms with Crippen LogP contribution in [0.15, 0.2) is 18.2 Å². The van der Waals surface area contributed by atoms with E-state index in [1.807, 2.05) is 24.8 Å². The predicted octanol–water partition coefficient (Wildman–Crippen LogP) is 4.33. The molecule has 0 bridgehead atoms. The quantitative estimate of drug-likeness (QED) is 0.374. The van der Waals surface area contributed by atoms with E-state index >= 15 is 0 Å². The van der Waals surface area contributed by atoms with Gasteiger partial charge in [-0.15, -0.1) is 0 Å². The zero-order valence-electron chi connectivity index (χ0n) is 12.8. The smallest absolute Gasteiger partial charge is 0.275 e. The van der Waals surface area contributed by atoms with Crippen LogP contribution in [0.25, 0.3) is 0 Å². The monoisotopic (exact) mass is 312 g/mol. The lowest BCUT2D eigenvalue weighted by Crippen LogP contribution is -2.03. The van der Waals surface area contributed by atoms with Crippen LogP contribution in [0.1, 0.15) is 32.6 Å². The summed E-state index contributed by atoms with van der Waals surface area (Å²) in [6.07, 6.45) is 6.87. The van der Waals surface area contributed by atoms with Gasteiger partial charge in [-0.2, -0.15) is 11.8 Å². The van der Waals surface area contributed by atoms with E-state index in [-0.39, 0.29) is 5.69 Å². The third-order valence-corrected chi connectivity index (χ3v) is 3.71. The summed E-state index contributed by atoms with van der Waals surface area (Å²) in [5.41, 5.74) is 0.806. The Hall–Kier alpha value is -1.43. The molecular weight excluding hydrogens is 288 g/mol. The summed E-state index contributed by atoms with van der Waals surface area (Å²) < 4.78 is 5.36. The van der Waals surface area contributed by atoms with Crippen molar-refractivity contribution in [2.24, 2.45) is 0 Å². The van der Waals surface area contributed by atoms with Crippen molar-refractivity contribution in [3.63, 3.8) is 0 Å². The Kier molecular flexibility index (Phi) is 8.66. The Morgan fingerprint density at radius 3 is 2.67 bits per heavy atom. The van der Waals surface area contributed by atoms with Crippen LogP contribution >= 0.6 is 11.8 Å². The number of hydrogen-bond acceptors (Lipinski definition) is 5. The molecule has 0 heterocycles. The van der Waals surface area contributed by atoms with Crippen molar-refractivity contribution >= 4 is 23.1 Å². The van der Waals surface area contributed by atoms with Crippen LogP contribution in [0.5, 0.6) is 5.75 Å². The van der Waals surface area contributed by atoms with E-state index in [2.05, 4.69) is 11.6 Å². The molecule has 0 aliphatic heterocycles. The number of nitro groups is 1. The number of rotatable bonds is 11.